The van der Waals surface area contributed by atoms with Crippen LogP contribution in [0.3, 0.4) is 0 Å². The lowest BCUT2D eigenvalue weighted by Crippen LogP contribution is -2.60. The molecule has 0 spiro atoms. The maximum absolute atomic E-state index is 14.1. The van der Waals surface area contributed by atoms with Crippen molar-refractivity contribution in [2.45, 2.75) is 165 Å². The third-order valence-electron chi connectivity index (χ3n) is 12.3. The first-order valence-corrected chi connectivity index (χ1v) is 25.6. The Morgan fingerprint density at radius 1 is 0.600 bits per heavy atom. The van der Waals surface area contributed by atoms with Gasteiger partial charge in [-0.3, -0.25) is 62.3 Å². The van der Waals surface area contributed by atoms with Crippen LogP contribution >= 0.6 is 0 Å². The van der Waals surface area contributed by atoms with Crippen molar-refractivity contribution in [2.75, 3.05) is 13.1 Å². The number of amides is 12. The topological polar surface area (TPSA) is 523 Å². The second-order valence-electron chi connectivity index (χ2n) is 19.6. The van der Waals surface area contributed by atoms with E-state index >= 15 is 0 Å². The van der Waals surface area contributed by atoms with E-state index in [1.165, 1.54) is 38.1 Å². The fourth-order valence-electron chi connectivity index (χ4n) is 8.05. The molecule has 2 rings (SSSR count). The maximum Gasteiger partial charge on any atom is 0.326 e. The molecule has 1 saturated heterocycles. The minimum Gasteiger partial charge on any atom is -0.508 e. The third kappa shape index (κ3) is 24.0. The summed E-state index contributed by atoms with van der Waals surface area (Å²) in [6, 6.07) is -7.96. The van der Waals surface area contributed by atoms with Crippen molar-refractivity contribution in [3.05, 3.63) is 29.8 Å². The van der Waals surface area contributed by atoms with Crippen molar-refractivity contribution >= 4 is 82.8 Å². The number of aliphatic carboxylic acids is 2. The Morgan fingerprint density at radius 3 is 1.66 bits per heavy atom. The smallest absolute Gasteiger partial charge is 0.326 e. The zero-order valence-corrected chi connectivity index (χ0v) is 44.8. The average Bonchev–Trinajstić information content (AvgIpc) is 3.87. The number of carboxylic acids is 2. The first-order chi connectivity index (χ1) is 37.4. The van der Waals surface area contributed by atoms with E-state index < -0.39 is 182 Å². The van der Waals surface area contributed by atoms with Crippen molar-refractivity contribution in [3.8, 4) is 5.75 Å². The van der Waals surface area contributed by atoms with Crippen LogP contribution in [0.25, 0.3) is 0 Å². The molecule has 0 unspecified atom stereocenters. The van der Waals surface area contributed by atoms with Gasteiger partial charge < -0.3 is 90.8 Å². The van der Waals surface area contributed by atoms with E-state index in [2.05, 4.69) is 42.5 Å². The van der Waals surface area contributed by atoms with Gasteiger partial charge in [-0.05, 0) is 82.4 Å². The molecule has 80 heavy (non-hydrogen) atoms. The monoisotopic (exact) mass is 1130 g/mol. The van der Waals surface area contributed by atoms with Gasteiger partial charge >= 0.3 is 11.9 Å². The second-order valence-corrected chi connectivity index (χ2v) is 19.6. The van der Waals surface area contributed by atoms with Crippen LogP contribution in [-0.4, -0.2) is 182 Å². The van der Waals surface area contributed by atoms with Crippen molar-refractivity contribution in [1.29, 1.82) is 0 Å². The molecule has 1 heterocycles. The van der Waals surface area contributed by atoms with E-state index in [0.29, 0.717) is 5.56 Å². The van der Waals surface area contributed by atoms with Gasteiger partial charge in [0.2, 0.25) is 70.9 Å². The van der Waals surface area contributed by atoms with Gasteiger partial charge in [-0.15, -0.1) is 0 Å². The van der Waals surface area contributed by atoms with E-state index in [-0.39, 0.29) is 63.2 Å². The SMILES string of the molecule is CC(C)C[C@H](NC(=O)[C@H](CCC(N)=O)NC(=O)[C@H](Cc1ccc(O)cc1)NC(=O)CNC(=O)[C@H](CCC(=O)O)NC(=O)[C@@H]1CCCN1C(=O)[C@H](C)NC(=O)[C@@H](NC(=O)[C@@H](N)CCC(N)=O)[C@@H](C)O)C(=O)N[C@@H](CCC(N)=O)C(=O)O. The normalized spacial score (nSPS) is 16.3. The van der Waals surface area contributed by atoms with Crippen LogP contribution in [0.1, 0.15) is 104 Å². The van der Waals surface area contributed by atoms with Crippen molar-refractivity contribution < 1.29 is 87.5 Å². The summed E-state index contributed by atoms with van der Waals surface area (Å²) in [6.45, 7) is 4.93. The molecule has 0 bridgehead atoms. The summed E-state index contributed by atoms with van der Waals surface area (Å²) in [5.74, 6) is -14.5. The highest BCUT2D eigenvalue weighted by molar-refractivity contribution is 5.98. The molecule has 0 aliphatic carbocycles. The van der Waals surface area contributed by atoms with E-state index in [9.17, 15) is 87.5 Å². The van der Waals surface area contributed by atoms with E-state index in [4.69, 9.17) is 22.9 Å². The van der Waals surface area contributed by atoms with Crippen LogP contribution in [-0.2, 0) is 73.5 Å². The molecule has 0 aromatic heterocycles. The highest BCUT2D eigenvalue weighted by Crippen LogP contribution is 2.20. The van der Waals surface area contributed by atoms with Gasteiger partial charge in [0.25, 0.3) is 0 Å². The largest absolute Gasteiger partial charge is 0.508 e. The quantitative estimate of drug-likeness (QED) is 0.0301. The highest BCUT2D eigenvalue weighted by atomic mass is 16.4. The molecule has 12 amide bonds. The molecule has 1 aliphatic rings. The molecule has 1 aromatic carbocycles. The third-order valence-corrected chi connectivity index (χ3v) is 12.3. The molecule has 31 nitrogen and oxygen atoms in total. The molecular weight excluding hydrogens is 1060 g/mol. The van der Waals surface area contributed by atoms with E-state index in [1.54, 1.807) is 13.8 Å². The fourth-order valence-corrected chi connectivity index (χ4v) is 8.05. The number of aliphatic hydroxyl groups is 1. The number of nitrogens with two attached hydrogens (primary N) is 4. The molecular formula is C49H75N13O18. The van der Waals surface area contributed by atoms with Crippen LogP contribution in [0.5, 0.6) is 5.75 Å². The summed E-state index contributed by atoms with van der Waals surface area (Å²) in [5, 5.41) is 58.2. The van der Waals surface area contributed by atoms with Gasteiger partial charge in [0.1, 0.15) is 54.1 Å². The van der Waals surface area contributed by atoms with Crippen molar-refractivity contribution in [3.63, 3.8) is 0 Å². The second kappa shape index (κ2) is 33.1. The minimum atomic E-state index is -1.63. The van der Waals surface area contributed by atoms with Gasteiger partial charge in [-0.25, -0.2) is 4.79 Å². The van der Waals surface area contributed by atoms with Gasteiger partial charge in [0.15, 0.2) is 0 Å². The van der Waals surface area contributed by atoms with Gasteiger partial charge in [-0.2, -0.15) is 0 Å². The molecule has 1 aliphatic heterocycles. The highest BCUT2D eigenvalue weighted by Gasteiger charge is 2.39. The van der Waals surface area contributed by atoms with Crippen LogP contribution in [0.2, 0.25) is 0 Å². The molecule has 0 radical (unpaired) electrons. The maximum atomic E-state index is 14.1. The summed E-state index contributed by atoms with van der Waals surface area (Å²) < 4.78 is 0. The lowest BCUT2D eigenvalue weighted by molar-refractivity contribution is -0.143. The molecule has 1 fully saturated rings. The number of aromatic hydroxyl groups is 1. The average molecular weight is 1130 g/mol. The van der Waals surface area contributed by atoms with Crippen molar-refractivity contribution in [1.82, 2.24) is 47.4 Å². The first kappa shape index (κ1) is 67.6. The number of nitrogens with one attached hydrogen (secondary N) is 8. The standard InChI is InChI=1S/C49H75N13O18/c1-23(2)20-32(44(74)59-31(49(79)80)13-17-37(53)67)60-43(73)30(12-16-36(52)66)57-45(75)33(21-26-7-9-27(64)10-8-26)56-38(68)22-54-42(72)29(14-18-39(69)70)58-46(76)34-6-5-19-62(34)48(78)24(3)55-47(77)40(25(4)63)61-41(71)28(50)11-15-35(51)65/h7-10,23-25,28-34,40,63-64H,5-6,11-22,50H2,1-4H3,(H2,51,65)(H2,52,66)(H2,53,67)(H,54,72)(H,55,77)(H,56,68)(H,57,75)(H,58,76)(H,59,74)(H,60,73)(H,61,71)(H,69,70)(H,79,80)/t24-,25+,28-,29-,30-,31-,32-,33-,34-,40-/m0/s1. The lowest BCUT2D eigenvalue weighted by atomic mass is 10.0. The summed E-state index contributed by atoms with van der Waals surface area (Å²) >= 11 is 0. The van der Waals surface area contributed by atoms with Crippen LogP contribution < -0.4 is 65.5 Å². The first-order valence-electron chi connectivity index (χ1n) is 25.6. The number of rotatable bonds is 35. The van der Waals surface area contributed by atoms with E-state index in [1.807, 2.05) is 0 Å². The number of carboxylic acid groups (broad SMARTS) is 2. The molecule has 20 N–H and O–H groups in total. The molecule has 444 valence electrons. The summed E-state index contributed by atoms with van der Waals surface area (Å²) in [4.78, 5) is 181. The lowest BCUT2D eigenvalue weighted by Gasteiger charge is -2.29. The Hall–Kier alpha value is -8.48. The Labute approximate surface area is 459 Å². The number of nitrogens with zero attached hydrogens (tertiary/aromatic N) is 1. The molecule has 0 saturated carbocycles. The van der Waals surface area contributed by atoms with Gasteiger partial charge in [0.05, 0.1) is 18.7 Å². The molecule has 1 aromatic rings. The number of aliphatic hydroxyl groups excluding tert-OH is 1. The Morgan fingerprint density at radius 2 is 1.11 bits per heavy atom. The Bertz CT molecular complexity index is 2420. The number of likely N-dealkylation sites (tertiary alicyclic amines) is 1. The number of phenols is 1. The Kier molecular flexibility index (Phi) is 28.0. The number of carbonyl (C=O) groups is 14. The summed E-state index contributed by atoms with van der Waals surface area (Å²) in [6.07, 6.45) is -4.80. The number of phenolic OH excluding ortho intramolecular Hbond substituents is 1. The Balaban J connectivity index is 2.30. The summed E-state index contributed by atoms with van der Waals surface area (Å²) in [7, 11) is 0. The van der Waals surface area contributed by atoms with Crippen molar-refractivity contribution in [2.24, 2.45) is 28.9 Å². The van der Waals surface area contributed by atoms with Gasteiger partial charge in [0, 0.05) is 38.6 Å². The van der Waals surface area contributed by atoms with Crippen LogP contribution in [0, 0.1) is 5.92 Å². The minimum absolute atomic E-state index is 0.00435. The zero-order chi connectivity index (χ0) is 60.6. The number of carbonyl (C=O) groups excluding carboxylic acids is 12. The predicted molar refractivity (Wildman–Crippen MR) is 278 cm³/mol. The number of hydrogen-bond donors (Lipinski definition) is 16. The van der Waals surface area contributed by atoms with Crippen LogP contribution in [0.4, 0.5) is 0 Å². The summed E-state index contributed by atoms with van der Waals surface area (Å²) in [5.41, 5.74) is 21.7. The molecule has 10 atom stereocenters. The molecule has 31 heteroatoms. The number of primary amides is 3. The van der Waals surface area contributed by atoms with Gasteiger partial charge in [-0.1, -0.05) is 26.0 Å². The fraction of sp³-hybridized carbons (Fsp3) is 0.592. The predicted octanol–water partition coefficient (Wildman–Crippen LogP) is -6.04. The van der Waals surface area contributed by atoms with Crippen LogP contribution in [0.15, 0.2) is 24.3 Å². The zero-order valence-electron chi connectivity index (χ0n) is 44.8. The number of hydrogen-bond acceptors (Lipinski definition) is 17. The van der Waals surface area contributed by atoms with E-state index in [0.717, 1.165) is 4.90 Å². The number of benzene rings is 1.